The van der Waals surface area contributed by atoms with Crippen molar-refractivity contribution in [3.8, 4) is 0 Å². The van der Waals surface area contributed by atoms with Gasteiger partial charge in [0, 0.05) is 32.0 Å². The van der Waals surface area contributed by atoms with Crippen molar-refractivity contribution in [2.24, 2.45) is 0 Å². The monoisotopic (exact) mass is 258 g/mol. The number of hydrogen-bond acceptors (Lipinski definition) is 4. The van der Waals surface area contributed by atoms with Crippen molar-refractivity contribution < 1.29 is 9.53 Å². The van der Waals surface area contributed by atoms with Crippen LogP contribution in [-0.4, -0.2) is 61.7 Å². The summed E-state index contributed by atoms with van der Waals surface area (Å²) in [6.07, 6.45) is 2.86. The average Bonchev–Trinajstić information content (AvgIpc) is 2.83. The van der Waals surface area contributed by atoms with Crippen molar-refractivity contribution in [1.29, 1.82) is 0 Å². The SMILES string of the molecule is C=CCNCC(=O)N(CCOC)C1CCSC1. The van der Waals surface area contributed by atoms with Crippen LogP contribution in [0.1, 0.15) is 6.42 Å². The van der Waals surface area contributed by atoms with E-state index in [4.69, 9.17) is 4.74 Å². The lowest BCUT2D eigenvalue weighted by atomic mass is 10.2. The number of carbonyl (C=O) groups is 1. The van der Waals surface area contributed by atoms with Crippen molar-refractivity contribution in [2.75, 3.05) is 44.9 Å². The van der Waals surface area contributed by atoms with Gasteiger partial charge in [0.15, 0.2) is 0 Å². The molecule has 17 heavy (non-hydrogen) atoms. The Morgan fingerprint density at radius 3 is 3.12 bits per heavy atom. The summed E-state index contributed by atoms with van der Waals surface area (Å²) >= 11 is 1.92. The van der Waals surface area contributed by atoms with Gasteiger partial charge in [-0.2, -0.15) is 11.8 Å². The lowest BCUT2D eigenvalue weighted by molar-refractivity contribution is -0.132. The van der Waals surface area contributed by atoms with E-state index in [9.17, 15) is 4.79 Å². The Labute approximate surface area is 108 Å². The number of nitrogens with one attached hydrogen (secondary N) is 1. The largest absolute Gasteiger partial charge is 0.383 e. The van der Waals surface area contributed by atoms with Gasteiger partial charge in [-0.05, 0) is 12.2 Å². The van der Waals surface area contributed by atoms with Crippen LogP contribution in [0.4, 0.5) is 0 Å². The minimum Gasteiger partial charge on any atom is -0.383 e. The molecule has 0 aromatic rings. The first-order valence-electron chi connectivity index (χ1n) is 5.97. The van der Waals surface area contributed by atoms with E-state index in [0.29, 0.717) is 32.3 Å². The van der Waals surface area contributed by atoms with Crippen LogP contribution >= 0.6 is 11.8 Å². The molecule has 1 amide bonds. The molecule has 1 N–H and O–H groups in total. The van der Waals surface area contributed by atoms with Crippen LogP contribution in [0.3, 0.4) is 0 Å². The van der Waals surface area contributed by atoms with Crippen molar-refractivity contribution in [1.82, 2.24) is 10.2 Å². The average molecular weight is 258 g/mol. The van der Waals surface area contributed by atoms with Gasteiger partial charge >= 0.3 is 0 Å². The van der Waals surface area contributed by atoms with Crippen LogP contribution in [-0.2, 0) is 9.53 Å². The molecule has 1 fully saturated rings. The van der Waals surface area contributed by atoms with Crippen molar-refractivity contribution in [3.63, 3.8) is 0 Å². The first kappa shape index (κ1) is 14.5. The molecule has 1 aliphatic rings. The number of carbonyl (C=O) groups excluding carboxylic acids is 1. The van der Waals surface area contributed by atoms with Gasteiger partial charge in [0.1, 0.15) is 0 Å². The maximum Gasteiger partial charge on any atom is 0.236 e. The second-order valence-electron chi connectivity index (χ2n) is 4.02. The van der Waals surface area contributed by atoms with Crippen molar-refractivity contribution in [3.05, 3.63) is 12.7 Å². The van der Waals surface area contributed by atoms with E-state index in [2.05, 4.69) is 11.9 Å². The highest BCUT2D eigenvalue weighted by Crippen LogP contribution is 2.22. The van der Waals surface area contributed by atoms with E-state index in [1.807, 2.05) is 16.7 Å². The molecule has 0 aromatic carbocycles. The van der Waals surface area contributed by atoms with E-state index >= 15 is 0 Å². The number of thioether (sulfide) groups is 1. The minimum atomic E-state index is 0.163. The quantitative estimate of drug-likeness (QED) is 0.515. The summed E-state index contributed by atoms with van der Waals surface area (Å²) in [5.41, 5.74) is 0. The zero-order valence-electron chi connectivity index (χ0n) is 10.5. The third-order valence-electron chi connectivity index (χ3n) is 2.77. The summed E-state index contributed by atoms with van der Waals surface area (Å²) in [4.78, 5) is 14.0. The van der Waals surface area contributed by atoms with E-state index in [1.165, 1.54) is 0 Å². The van der Waals surface area contributed by atoms with E-state index < -0.39 is 0 Å². The lowest BCUT2D eigenvalue weighted by Gasteiger charge is -2.28. The molecule has 1 heterocycles. The summed E-state index contributed by atoms with van der Waals surface area (Å²) in [6, 6.07) is 0.383. The first-order valence-corrected chi connectivity index (χ1v) is 7.12. The number of methoxy groups -OCH3 is 1. The van der Waals surface area contributed by atoms with Gasteiger partial charge in [0.2, 0.25) is 5.91 Å². The fourth-order valence-electron chi connectivity index (χ4n) is 1.85. The van der Waals surface area contributed by atoms with Crippen molar-refractivity contribution >= 4 is 17.7 Å². The number of nitrogens with zero attached hydrogens (tertiary/aromatic N) is 1. The fraction of sp³-hybridized carbons (Fsp3) is 0.750. The van der Waals surface area contributed by atoms with Gasteiger partial charge in [-0.15, -0.1) is 6.58 Å². The minimum absolute atomic E-state index is 0.163. The highest BCUT2D eigenvalue weighted by molar-refractivity contribution is 7.99. The number of amides is 1. The second kappa shape index (κ2) is 8.55. The van der Waals surface area contributed by atoms with Gasteiger partial charge in [0.05, 0.1) is 13.2 Å². The number of hydrogen-bond donors (Lipinski definition) is 1. The normalized spacial score (nSPS) is 19.2. The molecule has 1 unspecified atom stereocenters. The number of ether oxygens (including phenoxy) is 1. The van der Waals surface area contributed by atoms with E-state index in [1.54, 1.807) is 13.2 Å². The summed E-state index contributed by atoms with van der Waals surface area (Å²) in [5.74, 6) is 2.37. The summed E-state index contributed by atoms with van der Waals surface area (Å²) in [7, 11) is 1.67. The zero-order valence-corrected chi connectivity index (χ0v) is 11.3. The molecule has 1 aliphatic heterocycles. The predicted octanol–water partition coefficient (Wildman–Crippen LogP) is 0.742. The second-order valence-corrected chi connectivity index (χ2v) is 5.17. The van der Waals surface area contributed by atoms with E-state index in [0.717, 1.165) is 17.9 Å². The fourth-order valence-corrected chi connectivity index (χ4v) is 3.08. The molecule has 4 nitrogen and oxygen atoms in total. The highest BCUT2D eigenvalue weighted by atomic mass is 32.2. The van der Waals surface area contributed by atoms with Gasteiger partial charge in [0.25, 0.3) is 0 Å². The molecule has 5 heteroatoms. The summed E-state index contributed by atoms with van der Waals surface area (Å²) in [5, 5.41) is 3.06. The smallest absolute Gasteiger partial charge is 0.236 e. The molecule has 1 atom stereocenters. The zero-order chi connectivity index (χ0) is 12.5. The predicted molar refractivity (Wildman–Crippen MR) is 72.4 cm³/mol. The maximum absolute atomic E-state index is 12.1. The molecule has 0 aromatic heterocycles. The van der Waals surface area contributed by atoms with Crippen LogP contribution in [0.5, 0.6) is 0 Å². The van der Waals surface area contributed by atoms with Crippen LogP contribution < -0.4 is 5.32 Å². The molecule has 0 saturated carbocycles. The first-order chi connectivity index (χ1) is 8.29. The molecule has 0 aliphatic carbocycles. The molecule has 0 radical (unpaired) electrons. The van der Waals surface area contributed by atoms with Gasteiger partial charge in [-0.25, -0.2) is 0 Å². The highest BCUT2D eigenvalue weighted by Gasteiger charge is 2.26. The molecular formula is C12H22N2O2S. The lowest BCUT2D eigenvalue weighted by Crippen LogP contribution is -2.46. The Hall–Kier alpha value is -0.520. The molecular weight excluding hydrogens is 236 g/mol. The Morgan fingerprint density at radius 1 is 1.71 bits per heavy atom. The molecule has 0 spiro atoms. The van der Waals surface area contributed by atoms with Gasteiger partial charge in [-0.3, -0.25) is 4.79 Å². The van der Waals surface area contributed by atoms with Crippen LogP contribution in [0.2, 0.25) is 0 Å². The molecule has 0 bridgehead atoms. The van der Waals surface area contributed by atoms with Crippen molar-refractivity contribution in [2.45, 2.75) is 12.5 Å². The summed E-state index contributed by atoms with van der Waals surface area (Å²) in [6.45, 7) is 5.97. The van der Waals surface area contributed by atoms with Gasteiger partial charge in [-0.1, -0.05) is 6.08 Å². The molecule has 98 valence electrons. The molecule has 1 saturated heterocycles. The topological polar surface area (TPSA) is 41.6 Å². The maximum atomic E-state index is 12.1. The third kappa shape index (κ3) is 5.10. The van der Waals surface area contributed by atoms with Gasteiger partial charge < -0.3 is 15.0 Å². The Balaban J connectivity index is 2.42. The summed E-state index contributed by atoms with van der Waals surface area (Å²) < 4.78 is 5.07. The van der Waals surface area contributed by atoms with Crippen LogP contribution in [0, 0.1) is 0 Å². The van der Waals surface area contributed by atoms with Crippen LogP contribution in [0.15, 0.2) is 12.7 Å². The van der Waals surface area contributed by atoms with E-state index in [-0.39, 0.29) is 5.91 Å². The van der Waals surface area contributed by atoms with Crippen LogP contribution in [0.25, 0.3) is 0 Å². The Bertz CT molecular complexity index is 243. The molecule has 1 rings (SSSR count). The third-order valence-corrected chi connectivity index (χ3v) is 3.91. The Kier molecular flexibility index (Phi) is 7.32. The Morgan fingerprint density at radius 2 is 2.53 bits per heavy atom. The number of rotatable bonds is 8. The standard InChI is InChI=1S/C12H22N2O2S/c1-3-5-13-9-12(15)14(6-7-16-2)11-4-8-17-10-11/h3,11,13H,1,4-10H2,2H3.